The van der Waals surface area contributed by atoms with E-state index in [1.54, 1.807) is 24.3 Å². The zero-order valence-electron chi connectivity index (χ0n) is 15.0. The zero-order chi connectivity index (χ0) is 19.6. The van der Waals surface area contributed by atoms with Crippen LogP contribution in [0.4, 0.5) is 10.1 Å². The molecule has 0 N–H and O–H groups in total. The number of ether oxygens (including phenoxy) is 1. The second-order valence-corrected chi connectivity index (χ2v) is 8.50. The van der Waals surface area contributed by atoms with E-state index in [4.69, 9.17) is 4.74 Å². The lowest BCUT2D eigenvalue weighted by Gasteiger charge is -2.28. The maximum absolute atomic E-state index is 13.3. The van der Waals surface area contributed by atoms with E-state index in [2.05, 4.69) is 0 Å². The second kappa shape index (κ2) is 7.52. The summed E-state index contributed by atoms with van der Waals surface area (Å²) in [5.74, 6) is -0.372. The van der Waals surface area contributed by atoms with Crippen LogP contribution in [0, 0.1) is 5.82 Å². The van der Waals surface area contributed by atoms with Crippen LogP contribution in [0.25, 0.3) is 0 Å². The van der Waals surface area contributed by atoms with Crippen molar-refractivity contribution in [3.63, 3.8) is 0 Å². The van der Waals surface area contributed by atoms with Gasteiger partial charge >= 0.3 is 0 Å². The second-order valence-electron chi connectivity index (χ2n) is 6.57. The monoisotopic (exact) mass is 389 g/mol. The van der Waals surface area contributed by atoms with Crippen LogP contribution in [0.15, 0.2) is 60.0 Å². The van der Waals surface area contributed by atoms with Crippen LogP contribution < -0.4 is 9.64 Å². The highest BCUT2D eigenvalue weighted by Crippen LogP contribution is 2.26. The van der Waals surface area contributed by atoms with Gasteiger partial charge in [0, 0.05) is 16.7 Å². The molecular formula is C20H20FNO4S. The van der Waals surface area contributed by atoms with Crippen molar-refractivity contribution in [3.05, 3.63) is 71.4 Å². The van der Waals surface area contributed by atoms with Gasteiger partial charge in [-0.05, 0) is 68.5 Å². The van der Waals surface area contributed by atoms with Crippen molar-refractivity contribution in [2.75, 3.05) is 10.7 Å². The maximum atomic E-state index is 13.3. The molecular weight excluding hydrogens is 369 g/mol. The number of sulfone groups is 1. The molecule has 0 saturated heterocycles. The number of halogens is 1. The molecule has 1 unspecified atom stereocenters. The van der Waals surface area contributed by atoms with Gasteiger partial charge in [0.1, 0.15) is 11.6 Å². The lowest BCUT2D eigenvalue weighted by Crippen LogP contribution is -2.41. The highest BCUT2D eigenvalue weighted by atomic mass is 32.2. The van der Waals surface area contributed by atoms with E-state index in [-0.39, 0.29) is 17.8 Å². The van der Waals surface area contributed by atoms with Gasteiger partial charge in [0.2, 0.25) is 0 Å². The molecule has 142 valence electrons. The average molecular weight is 389 g/mol. The van der Waals surface area contributed by atoms with E-state index in [0.29, 0.717) is 17.0 Å². The van der Waals surface area contributed by atoms with Gasteiger partial charge in [-0.25, -0.2) is 12.8 Å². The van der Waals surface area contributed by atoms with Crippen LogP contribution in [0.5, 0.6) is 5.75 Å². The summed E-state index contributed by atoms with van der Waals surface area (Å²) < 4.78 is 42.5. The summed E-state index contributed by atoms with van der Waals surface area (Å²) >= 11 is 0. The molecule has 2 aromatic carbocycles. The number of amides is 1. The number of benzene rings is 2. The number of hydrogen-bond donors (Lipinski definition) is 0. The number of nitrogens with zero attached hydrogens (tertiary/aromatic N) is 1. The smallest absolute Gasteiger partial charge is 0.258 e. The minimum atomic E-state index is -3.36. The van der Waals surface area contributed by atoms with Crippen molar-refractivity contribution in [2.45, 2.75) is 26.0 Å². The molecule has 7 heteroatoms. The summed E-state index contributed by atoms with van der Waals surface area (Å²) in [6.45, 7) is 3.81. The van der Waals surface area contributed by atoms with E-state index in [9.17, 15) is 17.6 Å². The molecule has 0 fully saturated rings. The van der Waals surface area contributed by atoms with Gasteiger partial charge in [0.25, 0.3) is 5.91 Å². The molecule has 1 aliphatic rings. The minimum Gasteiger partial charge on any atom is -0.491 e. The van der Waals surface area contributed by atoms with Crippen LogP contribution in [0.3, 0.4) is 0 Å². The van der Waals surface area contributed by atoms with Gasteiger partial charge in [-0.1, -0.05) is 0 Å². The molecule has 0 bridgehead atoms. The van der Waals surface area contributed by atoms with Crippen molar-refractivity contribution in [2.24, 2.45) is 0 Å². The SMILES string of the molecule is CC(C)Oc1ccc(C(=O)N(c2ccc(F)cc2)C2C=CS(=O)(=O)C2)cc1. The molecule has 5 nitrogen and oxygen atoms in total. The predicted octanol–water partition coefficient (Wildman–Crippen LogP) is 3.57. The van der Waals surface area contributed by atoms with Gasteiger partial charge in [-0.2, -0.15) is 0 Å². The molecule has 0 spiro atoms. The van der Waals surface area contributed by atoms with E-state index in [1.165, 1.54) is 35.2 Å². The standard InChI is InChI=1S/C20H20FNO4S/c1-14(2)26-19-9-3-15(4-10-19)20(23)22(17-7-5-16(21)6-8-17)18-11-12-27(24,25)13-18/h3-12,14,18H,13H2,1-2H3. The maximum Gasteiger partial charge on any atom is 0.258 e. The molecule has 3 rings (SSSR count). The van der Waals surface area contributed by atoms with E-state index < -0.39 is 21.7 Å². The number of anilines is 1. The number of carbonyl (C=O) groups excluding carboxylic acids is 1. The summed E-state index contributed by atoms with van der Waals surface area (Å²) in [4.78, 5) is 14.5. The summed E-state index contributed by atoms with van der Waals surface area (Å²) in [5, 5.41) is 1.11. The fraction of sp³-hybridized carbons (Fsp3) is 0.250. The topological polar surface area (TPSA) is 63.7 Å². The first-order chi connectivity index (χ1) is 12.7. The van der Waals surface area contributed by atoms with Gasteiger partial charge in [0.05, 0.1) is 17.9 Å². The first-order valence-corrected chi connectivity index (χ1v) is 10.2. The van der Waals surface area contributed by atoms with Crippen molar-refractivity contribution < 1.29 is 22.3 Å². The normalized spacial score (nSPS) is 17.9. The lowest BCUT2D eigenvalue weighted by molar-refractivity contribution is 0.0983. The largest absolute Gasteiger partial charge is 0.491 e. The fourth-order valence-electron chi connectivity index (χ4n) is 2.87. The Labute approximate surface area is 158 Å². The molecule has 0 aromatic heterocycles. The third kappa shape index (κ3) is 4.54. The quantitative estimate of drug-likeness (QED) is 0.784. The summed E-state index contributed by atoms with van der Waals surface area (Å²) in [6, 6.07) is 11.4. The summed E-state index contributed by atoms with van der Waals surface area (Å²) in [7, 11) is -3.36. The Balaban J connectivity index is 1.93. The first kappa shape index (κ1) is 19.1. The highest BCUT2D eigenvalue weighted by Gasteiger charge is 2.32. The van der Waals surface area contributed by atoms with Gasteiger partial charge in [-0.3, -0.25) is 4.79 Å². The van der Waals surface area contributed by atoms with Gasteiger partial charge < -0.3 is 9.64 Å². The third-order valence-electron chi connectivity index (χ3n) is 4.04. The molecule has 1 atom stereocenters. The van der Waals surface area contributed by atoms with Crippen LogP contribution in [0.1, 0.15) is 24.2 Å². The molecule has 0 aliphatic carbocycles. The molecule has 1 aliphatic heterocycles. The lowest BCUT2D eigenvalue weighted by atomic mass is 10.1. The van der Waals surface area contributed by atoms with Gasteiger partial charge in [-0.15, -0.1) is 0 Å². The average Bonchev–Trinajstić information content (AvgIpc) is 2.96. The molecule has 0 saturated carbocycles. The predicted molar refractivity (Wildman–Crippen MR) is 102 cm³/mol. The Kier molecular flexibility index (Phi) is 5.32. The van der Waals surface area contributed by atoms with E-state index in [1.807, 2.05) is 13.8 Å². The number of hydrogen-bond acceptors (Lipinski definition) is 4. The van der Waals surface area contributed by atoms with Crippen LogP contribution in [0.2, 0.25) is 0 Å². The van der Waals surface area contributed by atoms with Crippen molar-refractivity contribution in [1.82, 2.24) is 0 Å². The molecule has 27 heavy (non-hydrogen) atoms. The molecule has 2 aromatic rings. The summed E-state index contributed by atoms with van der Waals surface area (Å²) in [5.41, 5.74) is 0.809. The van der Waals surface area contributed by atoms with Crippen LogP contribution in [-0.4, -0.2) is 32.2 Å². The van der Waals surface area contributed by atoms with Crippen molar-refractivity contribution >= 4 is 21.4 Å². The number of rotatable bonds is 5. The Morgan fingerprint density at radius 2 is 1.74 bits per heavy atom. The number of carbonyl (C=O) groups is 1. The third-order valence-corrected chi connectivity index (χ3v) is 5.42. The van der Waals surface area contributed by atoms with Crippen LogP contribution >= 0.6 is 0 Å². The molecule has 1 amide bonds. The minimum absolute atomic E-state index is 0.0103. The Hall–Kier alpha value is -2.67. The highest BCUT2D eigenvalue weighted by molar-refractivity contribution is 7.94. The molecule has 0 radical (unpaired) electrons. The Bertz CT molecular complexity index is 950. The zero-order valence-corrected chi connectivity index (χ0v) is 15.8. The van der Waals surface area contributed by atoms with Crippen molar-refractivity contribution in [1.29, 1.82) is 0 Å². The van der Waals surface area contributed by atoms with Crippen molar-refractivity contribution in [3.8, 4) is 5.75 Å². The molecule has 1 heterocycles. The van der Waals surface area contributed by atoms with E-state index >= 15 is 0 Å². The van der Waals surface area contributed by atoms with Gasteiger partial charge in [0.15, 0.2) is 9.84 Å². The fourth-order valence-corrected chi connectivity index (χ4v) is 4.14. The van der Waals surface area contributed by atoms with E-state index in [0.717, 1.165) is 5.41 Å². The summed E-state index contributed by atoms with van der Waals surface area (Å²) in [6.07, 6.45) is 1.49. The van der Waals surface area contributed by atoms with Crippen LogP contribution in [-0.2, 0) is 9.84 Å². The first-order valence-electron chi connectivity index (χ1n) is 8.52. The Morgan fingerprint density at radius 3 is 2.26 bits per heavy atom. The Morgan fingerprint density at radius 1 is 1.11 bits per heavy atom.